The van der Waals surface area contributed by atoms with Crippen molar-refractivity contribution in [3.63, 3.8) is 0 Å². The first-order valence-corrected chi connectivity index (χ1v) is 9.04. The van der Waals surface area contributed by atoms with Gasteiger partial charge >= 0.3 is 5.97 Å². The van der Waals surface area contributed by atoms with Gasteiger partial charge < -0.3 is 19.9 Å². The SMILES string of the molecule is CCOC1CC(NC(=O)c2ccc(OCC(C)C)cc2)(C(=O)O)C1(C)C. The number of hydrogen-bond donors (Lipinski definition) is 2. The number of carbonyl (C=O) groups excluding carboxylic acids is 1. The van der Waals surface area contributed by atoms with Gasteiger partial charge in [-0.3, -0.25) is 4.79 Å². The third kappa shape index (κ3) is 3.70. The summed E-state index contributed by atoms with van der Waals surface area (Å²) in [5, 5.41) is 12.5. The van der Waals surface area contributed by atoms with Crippen LogP contribution in [0.15, 0.2) is 24.3 Å². The number of carbonyl (C=O) groups is 2. The van der Waals surface area contributed by atoms with Crippen molar-refractivity contribution < 1.29 is 24.2 Å². The molecule has 0 saturated heterocycles. The van der Waals surface area contributed by atoms with Gasteiger partial charge in [-0.05, 0) is 37.1 Å². The molecule has 1 fully saturated rings. The molecule has 6 nitrogen and oxygen atoms in total. The number of carboxylic acid groups (broad SMARTS) is 1. The van der Waals surface area contributed by atoms with Gasteiger partial charge in [0.15, 0.2) is 0 Å². The Hall–Kier alpha value is -2.08. The summed E-state index contributed by atoms with van der Waals surface area (Å²) in [6.45, 7) is 10.7. The van der Waals surface area contributed by atoms with E-state index >= 15 is 0 Å². The Morgan fingerprint density at radius 3 is 2.35 bits per heavy atom. The summed E-state index contributed by atoms with van der Waals surface area (Å²) in [5.74, 6) is -0.356. The second kappa shape index (κ2) is 7.66. The van der Waals surface area contributed by atoms with Crippen LogP contribution in [0.5, 0.6) is 5.75 Å². The summed E-state index contributed by atoms with van der Waals surface area (Å²) in [6, 6.07) is 6.73. The normalized spacial score (nSPS) is 24.0. The predicted octanol–water partition coefficient (Wildman–Crippen LogP) is 3.11. The van der Waals surface area contributed by atoms with Crippen LogP contribution >= 0.6 is 0 Å². The third-order valence-electron chi connectivity index (χ3n) is 5.16. The summed E-state index contributed by atoms with van der Waals surface area (Å²) in [4.78, 5) is 24.6. The summed E-state index contributed by atoms with van der Waals surface area (Å²) < 4.78 is 11.2. The Bertz CT molecular complexity index is 653. The third-order valence-corrected chi connectivity index (χ3v) is 5.16. The minimum absolute atomic E-state index is 0.198. The Morgan fingerprint density at radius 2 is 1.88 bits per heavy atom. The molecule has 0 bridgehead atoms. The average Bonchev–Trinajstić information content (AvgIpc) is 2.58. The molecule has 2 rings (SSSR count). The topological polar surface area (TPSA) is 84.9 Å². The molecule has 0 radical (unpaired) electrons. The van der Waals surface area contributed by atoms with Gasteiger partial charge in [-0.15, -0.1) is 0 Å². The van der Waals surface area contributed by atoms with Crippen LogP contribution < -0.4 is 10.1 Å². The van der Waals surface area contributed by atoms with Crippen molar-refractivity contribution in [1.82, 2.24) is 5.32 Å². The second-order valence-electron chi connectivity index (χ2n) is 7.76. The van der Waals surface area contributed by atoms with Crippen molar-refractivity contribution in [1.29, 1.82) is 0 Å². The van der Waals surface area contributed by atoms with Crippen LogP contribution in [0, 0.1) is 11.3 Å². The van der Waals surface area contributed by atoms with E-state index in [0.717, 1.165) is 0 Å². The lowest BCUT2D eigenvalue weighted by Crippen LogP contribution is -2.76. The van der Waals surface area contributed by atoms with Gasteiger partial charge in [-0.1, -0.05) is 27.7 Å². The number of nitrogens with one attached hydrogen (secondary N) is 1. The maximum absolute atomic E-state index is 12.6. The Kier molecular flexibility index (Phi) is 5.96. The zero-order valence-electron chi connectivity index (χ0n) is 16.2. The first-order valence-electron chi connectivity index (χ1n) is 9.04. The van der Waals surface area contributed by atoms with E-state index in [9.17, 15) is 14.7 Å². The molecular weight excluding hydrogens is 334 g/mol. The number of amides is 1. The molecule has 0 spiro atoms. The first-order chi connectivity index (χ1) is 12.1. The maximum Gasteiger partial charge on any atom is 0.330 e. The van der Waals surface area contributed by atoms with Crippen LogP contribution in [0.4, 0.5) is 0 Å². The van der Waals surface area contributed by atoms with Gasteiger partial charge in [-0.25, -0.2) is 4.79 Å². The number of benzene rings is 1. The highest BCUT2D eigenvalue weighted by Gasteiger charge is 2.66. The molecule has 6 heteroatoms. The van der Waals surface area contributed by atoms with Crippen LogP contribution in [0.25, 0.3) is 0 Å². The van der Waals surface area contributed by atoms with E-state index in [4.69, 9.17) is 9.47 Å². The van der Waals surface area contributed by atoms with Crippen LogP contribution in [-0.4, -0.2) is 41.8 Å². The highest BCUT2D eigenvalue weighted by Crippen LogP contribution is 2.51. The fourth-order valence-corrected chi connectivity index (χ4v) is 3.27. The van der Waals surface area contributed by atoms with E-state index in [1.165, 1.54) is 0 Å². The summed E-state index contributed by atoms with van der Waals surface area (Å²) >= 11 is 0. The smallest absolute Gasteiger partial charge is 0.330 e. The molecule has 0 heterocycles. The number of rotatable bonds is 8. The number of carboxylic acids is 1. The summed E-state index contributed by atoms with van der Waals surface area (Å²) in [6.07, 6.45) is 0.0560. The molecule has 2 N–H and O–H groups in total. The van der Waals surface area contributed by atoms with Gasteiger partial charge in [-0.2, -0.15) is 0 Å². The summed E-state index contributed by atoms with van der Waals surface area (Å²) in [5.41, 5.74) is -1.64. The van der Waals surface area contributed by atoms with E-state index in [1.807, 2.05) is 20.8 Å². The van der Waals surface area contributed by atoms with Crippen molar-refractivity contribution in [2.24, 2.45) is 11.3 Å². The summed E-state index contributed by atoms with van der Waals surface area (Å²) in [7, 11) is 0. The molecule has 0 aromatic heterocycles. The minimum atomic E-state index is -1.34. The van der Waals surface area contributed by atoms with E-state index in [-0.39, 0.29) is 12.5 Å². The zero-order valence-corrected chi connectivity index (χ0v) is 16.2. The highest BCUT2D eigenvalue weighted by atomic mass is 16.5. The molecule has 26 heavy (non-hydrogen) atoms. The number of aliphatic carboxylic acids is 1. The molecule has 2 unspecified atom stereocenters. The number of hydrogen-bond acceptors (Lipinski definition) is 4. The molecule has 1 amide bonds. The molecule has 2 atom stereocenters. The van der Waals surface area contributed by atoms with E-state index in [1.54, 1.807) is 24.3 Å². The fraction of sp³-hybridized carbons (Fsp3) is 0.600. The predicted molar refractivity (Wildman–Crippen MR) is 98.4 cm³/mol. The van der Waals surface area contributed by atoms with E-state index in [2.05, 4.69) is 19.2 Å². The Balaban J connectivity index is 2.11. The quantitative estimate of drug-likeness (QED) is 0.741. The molecule has 1 aliphatic rings. The van der Waals surface area contributed by atoms with Crippen molar-refractivity contribution in [3.8, 4) is 5.75 Å². The van der Waals surface area contributed by atoms with Crippen LogP contribution in [-0.2, 0) is 9.53 Å². The average molecular weight is 363 g/mol. The zero-order chi connectivity index (χ0) is 19.5. The second-order valence-corrected chi connectivity index (χ2v) is 7.76. The van der Waals surface area contributed by atoms with E-state index < -0.39 is 22.8 Å². The van der Waals surface area contributed by atoms with Crippen molar-refractivity contribution in [2.45, 2.75) is 52.7 Å². The van der Waals surface area contributed by atoms with Gasteiger partial charge in [0.25, 0.3) is 5.91 Å². The van der Waals surface area contributed by atoms with Gasteiger partial charge in [0.2, 0.25) is 0 Å². The molecule has 1 aromatic rings. The van der Waals surface area contributed by atoms with Crippen LogP contribution in [0.3, 0.4) is 0 Å². The molecule has 1 aromatic carbocycles. The Morgan fingerprint density at radius 1 is 1.27 bits per heavy atom. The van der Waals surface area contributed by atoms with Gasteiger partial charge in [0.1, 0.15) is 11.3 Å². The van der Waals surface area contributed by atoms with Gasteiger partial charge in [0, 0.05) is 24.0 Å². The maximum atomic E-state index is 12.6. The lowest BCUT2D eigenvalue weighted by molar-refractivity contribution is -0.190. The van der Waals surface area contributed by atoms with Crippen molar-refractivity contribution >= 4 is 11.9 Å². The number of ether oxygens (including phenoxy) is 2. The lowest BCUT2D eigenvalue weighted by atomic mass is 9.54. The van der Waals surface area contributed by atoms with Crippen LogP contribution in [0.1, 0.15) is 51.4 Å². The van der Waals surface area contributed by atoms with Gasteiger partial charge in [0.05, 0.1) is 12.7 Å². The van der Waals surface area contributed by atoms with E-state index in [0.29, 0.717) is 30.4 Å². The molecule has 1 saturated carbocycles. The van der Waals surface area contributed by atoms with Crippen LogP contribution in [0.2, 0.25) is 0 Å². The molecule has 144 valence electrons. The van der Waals surface area contributed by atoms with Crippen molar-refractivity contribution in [3.05, 3.63) is 29.8 Å². The lowest BCUT2D eigenvalue weighted by Gasteiger charge is -2.58. The highest BCUT2D eigenvalue weighted by molar-refractivity contribution is 5.98. The Labute approximate surface area is 154 Å². The van der Waals surface area contributed by atoms with Crippen molar-refractivity contribution in [2.75, 3.05) is 13.2 Å². The minimum Gasteiger partial charge on any atom is -0.493 e. The molecular formula is C20H29NO5. The first kappa shape index (κ1) is 20.2. The standard InChI is InChI=1S/C20H29NO5/c1-6-25-16-11-20(18(23)24,19(16,4)5)21-17(22)14-7-9-15(10-8-14)26-12-13(2)3/h7-10,13,16H,6,11-12H2,1-5H3,(H,21,22)(H,23,24). The molecule has 0 aliphatic heterocycles. The fourth-order valence-electron chi connectivity index (χ4n) is 3.27. The molecule has 1 aliphatic carbocycles. The largest absolute Gasteiger partial charge is 0.493 e. The monoisotopic (exact) mass is 363 g/mol.